The van der Waals surface area contributed by atoms with Crippen molar-refractivity contribution in [3.63, 3.8) is 0 Å². The number of nitrogens with two attached hydrogens (primary N) is 1. The standard InChI is InChI=1S/C19H23N5O3/c1-12-2-3-14(8-21-12)10-24-17-15(27-11-13-4-6-26-7-5-13)9-22-18(20)16(17)23-19(24)25/h2-3,8-9,13H,4-7,10-11H2,1H3,(H2,20,22)(H,23,25). The van der Waals surface area contributed by atoms with Crippen molar-refractivity contribution in [1.29, 1.82) is 0 Å². The molecule has 0 saturated carbocycles. The maximum absolute atomic E-state index is 12.6. The number of H-pyrrole nitrogens is 1. The molecular weight excluding hydrogens is 346 g/mol. The summed E-state index contributed by atoms with van der Waals surface area (Å²) in [5.74, 6) is 1.28. The smallest absolute Gasteiger partial charge is 0.326 e. The van der Waals surface area contributed by atoms with Crippen molar-refractivity contribution in [2.45, 2.75) is 26.3 Å². The van der Waals surface area contributed by atoms with E-state index < -0.39 is 0 Å². The van der Waals surface area contributed by atoms with E-state index in [9.17, 15) is 4.79 Å². The van der Waals surface area contributed by atoms with Crippen LogP contribution < -0.4 is 16.2 Å². The number of ether oxygens (including phenoxy) is 2. The molecule has 1 fully saturated rings. The summed E-state index contributed by atoms with van der Waals surface area (Å²) in [4.78, 5) is 23.8. The summed E-state index contributed by atoms with van der Waals surface area (Å²) < 4.78 is 13.1. The van der Waals surface area contributed by atoms with E-state index in [1.54, 1.807) is 17.0 Å². The fraction of sp³-hybridized carbons (Fsp3) is 0.421. The van der Waals surface area contributed by atoms with Gasteiger partial charge in [0.25, 0.3) is 0 Å². The second-order valence-electron chi connectivity index (χ2n) is 6.92. The number of rotatable bonds is 5. The van der Waals surface area contributed by atoms with Crippen LogP contribution >= 0.6 is 0 Å². The zero-order chi connectivity index (χ0) is 18.8. The lowest BCUT2D eigenvalue weighted by Crippen LogP contribution is -2.22. The topological polar surface area (TPSA) is 108 Å². The average molecular weight is 369 g/mol. The van der Waals surface area contributed by atoms with Crippen LogP contribution in [-0.2, 0) is 11.3 Å². The quantitative estimate of drug-likeness (QED) is 0.711. The second-order valence-corrected chi connectivity index (χ2v) is 6.92. The van der Waals surface area contributed by atoms with Crippen molar-refractivity contribution >= 4 is 16.9 Å². The van der Waals surface area contributed by atoms with Crippen LogP contribution in [0.2, 0.25) is 0 Å². The van der Waals surface area contributed by atoms with Gasteiger partial charge in [0, 0.05) is 25.1 Å². The van der Waals surface area contributed by atoms with Gasteiger partial charge in [0.05, 0.1) is 19.3 Å². The van der Waals surface area contributed by atoms with Gasteiger partial charge in [-0.3, -0.25) is 9.55 Å². The fourth-order valence-electron chi connectivity index (χ4n) is 3.32. The van der Waals surface area contributed by atoms with Crippen LogP contribution in [-0.4, -0.2) is 39.3 Å². The molecule has 0 unspecified atom stereocenters. The van der Waals surface area contributed by atoms with Crippen molar-refractivity contribution in [1.82, 2.24) is 19.5 Å². The molecule has 3 N–H and O–H groups in total. The zero-order valence-corrected chi connectivity index (χ0v) is 15.3. The van der Waals surface area contributed by atoms with E-state index in [2.05, 4.69) is 15.0 Å². The summed E-state index contributed by atoms with van der Waals surface area (Å²) in [6.45, 7) is 4.40. The van der Waals surface area contributed by atoms with E-state index in [0.29, 0.717) is 35.9 Å². The molecule has 1 saturated heterocycles. The Morgan fingerprint density at radius 2 is 2.11 bits per heavy atom. The molecule has 4 rings (SSSR count). The number of imidazole rings is 1. The van der Waals surface area contributed by atoms with Crippen molar-refractivity contribution in [3.05, 3.63) is 46.3 Å². The number of aromatic nitrogens is 4. The minimum atomic E-state index is -0.249. The highest BCUT2D eigenvalue weighted by Crippen LogP contribution is 2.28. The number of aryl methyl sites for hydroxylation is 1. The molecule has 1 aliphatic rings. The van der Waals surface area contributed by atoms with Crippen LogP contribution in [0.15, 0.2) is 29.3 Å². The highest BCUT2D eigenvalue weighted by atomic mass is 16.5. The van der Waals surface area contributed by atoms with E-state index in [4.69, 9.17) is 15.2 Å². The third kappa shape index (κ3) is 3.66. The Morgan fingerprint density at radius 1 is 1.30 bits per heavy atom. The van der Waals surface area contributed by atoms with E-state index in [1.807, 2.05) is 19.1 Å². The third-order valence-corrected chi connectivity index (χ3v) is 4.92. The number of nitrogen functional groups attached to an aromatic ring is 1. The number of hydrogen-bond donors (Lipinski definition) is 2. The van der Waals surface area contributed by atoms with Gasteiger partial charge in [0.15, 0.2) is 5.75 Å². The normalized spacial score (nSPS) is 15.3. The fourth-order valence-corrected chi connectivity index (χ4v) is 3.32. The lowest BCUT2D eigenvalue weighted by Gasteiger charge is -2.22. The molecule has 8 heteroatoms. The van der Waals surface area contributed by atoms with Crippen LogP contribution in [0.3, 0.4) is 0 Å². The number of hydrogen-bond acceptors (Lipinski definition) is 6. The molecule has 4 heterocycles. The molecule has 142 valence electrons. The Bertz CT molecular complexity index is 987. The Kier molecular flexibility index (Phi) is 4.81. The van der Waals surface area contributed by atoms with E-state index in [-0.39, 0.29) is 11.5 Å². The minimum absolute atomic E-state index is 0.249. The number of nitrogens with one attached hydrogen (secondary N) is 1. The summed E-state index contributed by atoms with van der Waals surface area (Å²) in [5, 5.41) is 0. The number of anilines is 1. The second kappa shape index (κ2) is 7.40. The molecule has 0 amide bonds. The van der Waals surface area contributed by atoms with Crippen LogP contribution in [0, 0.1) is 12.8 Å². The van der Waals surface area contributed by atoms with Crippen LogP contribution in [0.1, 0.15) is 24.1 Å². The summed E-state index contributed by atoms with van der Waals surface area (Å²) in [5.41, 5.74) is 8.73. The SMILES string of the molecule is Cc1ccc(Cn2c(=O)[nH]c3c(N)ncc(OCC4CCOCC4)c32)cn1. The lowest BCUT2D eigenvalue weighted by atomic mass is 10.0. The van der Waals surface area contributed by atoms with Gasteiger partial charge >= 0.3 is 5.69 Å². The molecule has 0 atom stereocenters. The first-order valence-corrected chi connectivity index (χ1v) is 9.11. The van der Waals surface area contributed by atoms with E-state index in [0.717, 1.165) is 37.3 Å². The van der Waals surface area contributed by atoms with Gasteiger partial charge in [-0.2, -0.15) is 0 Å². The maximum Gasteiger partial charge on any atom is 0.326 e. The van der Waals surface area contributed by atoms with Gasteiger partial charge < -0.3 is 20.2 Å². The minimum Gasteiger partial charge on any atom is -0.489 e. The Labute approximate surface area is 156 Å². The highest BCUT2D eigenvalue weighted by molar-refractivity contribution is 5.89. The Hall–Kier alpha value is -2.87. The first-order valence-electron chi connectivity index (χ1n) is 9.11. The van der Waals surface area contributed by atoms with Crippen molar-refractivity contribution < 1.29 is 9.47 Å². The third-order valence-electron chi connectivity index (χ3n) is 4.92. The van der Waals surface area contributed by atoms with Gasteiger partial charge in [-0.05, 0) is 37.3 Å². The van der Waals surface area contributed by atoms with Crippen molar-refractivity contribution in [2.75, 3.05) is 25.6 Å². The van der Waals surface area contributed by atoms with E-state index >= 15 is 0 Å². The van der Waals surface area contributed by atoms with Crippen LogP contribution in [0.5, 0.6) is 5.75 Å². The summed E-state index contributed by atoms with van der Waals surface area (Å²) in [7, 11) is 0. The van der Waals surface area contributed by atoms with E-state index in [1.165, 1.54) is 0 Å². The van der Waals surface area contributed by atoms with Gasteiger partial charge in [0.1, 0.15) is 16.9 Å². The Balaban J connectivity index is 1.67. The van der Waals surface area contributed by atoms with Crippen molar-refractivity contribution in [3.8, 4) is 5.75 Å². The molecule has 1 aliphatic heterocycles. The molecule has 3 aromatic heterocycles. The maximum atomic E-state index is 12.6. The molecule has 0 aliphatic carbocycles. The molecular formula is C19H23N5O3. The van der Waals surface area contributed by atoms with Gasteiger partial charge in [-0.1, -0.05) is 6.07 Å². The van der Waals surface area contributed by atoms with Gasteiger partial charge in [-0.15, -0.1) is 0 Å². The average Bonchev–Trinajstić information content (AvgIpc) is 3.01. The molecule has 0 bridgehead atoms. The predicted molar refractivity (Wildman–Crippen MR) is 102 cm³/mol. The molecule has 27 heavy (non-hydrogen) atoms. The molecule has 8 nitrogen and oxygen atoms in total. The zero-order valence-electron chi connectivity index (χ0n) is 15.3. The monoisotopic (exact) mass is 369 g/mol. The summed E-state index contributed by atoms with van der Waals surface area (Å²) >= 11 is 0. The molecule has 0 radical (unpaired) electrons. The lowest BCUT2D eigenvalue weighted by molar-refractivity contribution is 0.0499. The van der Waals surface area contributed by atoms with Crippen LogP contribution in [0.25, 0.3) is 11.0 Å². The first-order chi connectivity index (χ1) is 13.1. The Morgan fingerprint density at radius 3 is 2.85 bits per heavy atom. The summed E-state index contributed by atoms with van der Waals surface area (Å²) in [6, 6.07) is 3.88. The number of nitrogens with zero attached hydrogens (tertiary/aromatic N) is 3. The van der Waals surface area contributed by atoms with Gasteiger partial charge in [-0.25, -0.2) is 9.78 Å². The van der Waals surface area contributed by atoms with Crippen LogP contribution in [0.4, 0.5) is 5.82 Å². The largest absolute Gasteiger partial charge is 0.489 e. The molecule has 3 aromatic rings. The molecule has 0 spiro atoms. The number of pyridine rings is 2. The predicted octanol–water partition coefficient (Wildman–Crippen LogP) is 1.86. The van der Waals surface area contributed by atoms with Crippen molar-refractivity contribution in [2.24, 2.45) is 5.92 Å². The number of aromatic amines is 1. The molecule has 0 aromatic carbocycles. The highest BCUT2D eigenvalue weighted by Gasteiger charge is 2.19. The first kappa shape index (κ1) is 17.5. The number of fused-ring (bicyclic) bond motifs is 1. The summed E-state index contributed by atoms with van der Waals surface area (Å²) in [6.07, 6.45) is 5.31. The van der Waals surface area contributed by atoms with Gasteiger partial charge in [0.2, 0.25) is 0 Å².